The summed E-state index contributed by atoms with van der Waals surface area (Å²) in [5, 5.41) is 13.2. The summed E-state index contributed by atoms with van der Waals surface area (Å²) in [6.45, 7) is 5.54. The van der Waals surface area contributed by atoms with Gasteiger partial charge in [0.05, 0.1) is 18.9 Å². The molecule has 5 heteroatoms. The van der Waals surface area contributed by atoms with Gasteiger partial charge >= 0.3 is 0 Å². The van der Waals surface area contributed by atoms with Crippen molar-refractivity contribution in [1.82, 2.24) is 10.2 Å². The number of β-amino-alcohol motifs (C(OH)–C–C–N with tert-alkyl or cyclic N) is 1. The number of rotatable bonds is 3. The average molecular weight is 277 g/mol. The van der Waals surface area contributed by atoms with E-state index in [-0.39, 0.29) is 12.1 Å². The third-order valence-corrected chi connectivity index (χ3v) is 4.36. The number of aliphatic hydroxyl groups excluding tert-OH is 1. The van der Waals surface area contributed by atoms with E-state index >= 15 is 0 Å². The van der Waals surface area contributed by atoms with E-state index < -0.39 is 0 Å². The molecular formula is C15H23N3O2. The summed E-state index contributed by atoms with van der Waals surface area (Å²) in [6.07, 6.45) is -0.229. The zero-order valence-corrected chi connectivity index (χ0v) is 12.0. The molecule has 2 N–H and O–H groups in total. The number of para-hydroxylation sites is 2. The van der Waals surface area contributed by atoms with E-state index in [1.807, 2.05) is 12.1 Å². The van der Waals surface area contributed by atoms with Crippen molar-refractivity contribution in [2.75, 3.05) is 51.3 Å². The summed E-state index contributed by atoms with van der Waals surface area (Å²) >= 11 is 0. The number of piperazine rings is 1. The number of hydrogen-bond donors (Lipinski definition) is 2. The molecule has 0 bridgehead atoms. The number of anilines is 1. The standard InChI is InChI=1S/C15H23N3O2/c1-20-15-5-3-2-4-12(15)17-6-8-18(9-7-17)13-10-16-11-14(13)19/h2-5,13-14,16,19H,6-11H2,1H3. The maximum Gasteiger partial charge on any atom is 0.142 e. The highest BCUT2D eigenvalue weighted by Crippen LogP contribution is 2.28. The molecular weight excluding hydrogens is 254 g/mol. The molecule has 2 unspecified atom stereocenters. The van der Waals surface area contributed by atoms with E-state index in [0.29, 0.717) is 0 Å². The molecule has 1 aromatic rings. The second-order valence-corrected chi connectivity index (χ2v) is 5.49. The molecule has 0 spiro atoms. The van der Waals surface area contributed by atoms with Gasteiger partial charge in [0, 0.05) is 45.3 Å². The van der Waals surface area contributed by atoms with Gasteiger partial charge in [-0.05, 0) is 12.1 Å². The fourth-order valence-electron chi connectivity index (χ4n) is 3.21. The van der Waals surface area contributed by atoms with Gasteiger partial charge in [-0.2, -0.15) is 0 Å². The van der Waals surface area contributed by atoms with Gasteiger partial charge in [0.1, 0.15) is 5.75 Å². The van der Waals surface area contributed by atoms with Gasteiger partial charge in [-0.15, -0.1) is 0 Å². The minimum atomic E-state index is -0.229. The summed E-state index contributed by atoms with van der Waals surface area (Å²) < 4.78 is 5.44. The van der Waals surface area contributed by atoms with E-state index in [1.54, 1.807) is 7.11 Å². The molecule has 2 aliphatic rings. The zero-order chi connectivity index (χ0) is 13.9. The van der Waals surface area contributed by atoms with Crippen molar-refractivity contribution >= 4 is 5.69 Å². The van der Waals surface area contributed by atoms with Crippen molar-refractivity contribution in [3.8, 4) is 5.75 Å². The Kier molecular flexibility index (Phi) is 4.10. The fourth-order valence-corrected chi connectivity index (χ4v) is 3.21. The van der Waals surface area contributed by atoms with Crippen LogP contribution in [0.25, 0.3) is 0 Å². The predicted octanol–water partition coefficient (Wildman–Crippen LogP) is 0.150. The van der Waals surface area contributed by atoms with Crippen LogP contribution in [0.4, 0.5) is 5.69 Å². The van der Waals surface area contributed by atoms with Gasteiger partial charge in [0.15, 0.2) is 0 Å². The lowest BCUT2D eigenvalue weighted by molar-refractivity contribution is 0.0792. The molecule has 0 radical (unpaired) electrons. The molecule has 2 heterocycles. The van der Waals surface area contributed by atoms with Gasteiger partial charge in [-0.1, -0.05) is 12.1 Å². The van der Waals surface area contributed by atoms with Crippen LogP contribution in [0.3, 0.4) is 0 Å². The van der Waals surface area contributed by atoms with Gasteiger partial charge in [-0.3, -0.25) is 4.90 Å². The minimum Gasteiger partial charge on any atom is -0.495 e. The maximum atomic E-state index is 9.97. The topological polar surface area (TPSA) is 48.0 Å². The first-order chi connectivity index (χ1) is 9.79. The van der Waals surface area contributed by atoms with Crippen molar-refractivity contribution in [1.29, 1.82) is 0 Å². The van der Waals surface area contributed by atoms with Gasteiger partial charge in [0.2, 0.25) is 0 Å². The lowest BCUT2D eigenvalue weighted by atomic mass is 10.1. The number of aliphatic hydroxyl groups is 1. The molecule has 0 aliphatic carbocycles. The average Bonchev–Trinajstić information content (AvgIpc) is 2.93. The van der Waals surface area contributed by atoms with Gasteiger partial charge < -0.3 is 20.1 Å². The Morgan fingerprint density at radius 3 is 2.55 bits per heavy atom. The quantitative estimate of drug-likeness (QED) is 0.823. The number of nitrogens with zero attached hydrogens (tertiary/aromatic N) is 2. The van der Waals surface area contributed by atoms with Crippen LogP contribution in [0.5, 0.6) is 5.75 Å². The van der Waals surface area contributed by atoms with Gasteiger partial charge in [0.25, 0.3) is 0 Å². The molecule has 20 heavy (non-hydrogen) atoms. The number of methoxy groups -OCH3 is 1. The van der Waals surface area contributed by atoms with E-state index in [2.05, 4.69) is 27.2 Å². The Balaban J connectivity index is 1.63. The van der Waals surface area contributed by atoms with Crippen LogP contribution < -0.4 is 15.0 Å². The van der Waals surface area contributed by atoms with Crippen LogP contribution >= 0.6 is 0 Å². The number of hydrogen-bond acceptors (Lipinski definition) is 5. The second-order valence-electron chi connectivity index (χ2n) is 5.49. The molecule has 1 aromatic carbocycles. The summed E-state index contributed by atoms with van der Waals surface area (Å²) in [5.74, 6) is 0.934. The monoisotopic (exact) mass is 277 g/mol. The summed E-state index contributed by atoms with van der Waals surface area (Å²) in [6, 6.07) is 8.44. The van der Waals surface area contributed by atoms with Gasteiger partial charge in [-0.25, -0.2) is 0 Å². The lowest BCUT2D eigenvalue weighted by Crippen LogP contribution is -2.53. The summed E-state index contributed by atoms with van der Waals surface area (Å²) in [7, 11) is 1.72. The molecule has 3 rings (SSSR count). The molecule has 110 valence electrons. The zero-order valence-electron chi connectivity index (χ0n) is 12.0. The Bertz CT molecular complexity index is 446. The van der Waals surface area contributed by atoms with Crippen LogP contribution in [0, 0.1) is 0 Å². The normalized spacial score (nSPS) is 27.8. The molecule has 0 amide bonds. The minimum absolute atomic E-state index is 0.229. The molecule has 0 aromatic heterocycles. The molecule has 5 nitrogen and oxygen atoms in total. The van der Waals surface area contributed by atoms with Crippen LogP contribution in [-0.2, 0) is 0 Å². The van der Waals surface area contributed by atoms with Crippen molar-refractivity contribution in [2.24, 2.45) is 0 Å². The van der Waals surface area contributed by atoms with Crippen molar-refractivity contribution in [3.63, 3.8) is 0 Å². The SMILES string of the molecule is COc1ccccc1N1CCN(C2CNCC2O)CC1. The molecule has 2 fully saturated rings. The van der Waals surface area contributed by atoms with E-state index in [9.17, 15) is 5.11 Å². The third kappa shape index (κ3) is 2.61. The van der Waals surface area contributed by atoms with Crippen LogP contribution in [-0.4, -0.2) is 68.5 Å². The number of ether oxygens (including phenoxy) is 1. The highest BCUT2D eigenvalue weighted by molar-refractivity contribution is 5.58. The lowest BCUT2D eigenvalue weighted by Gasteiger charge is -2.40. The van der Waals surface area contributed by atoms with Crippen molar-refractivity contribution < 1.29 is 9.84 Å². The smallest absolute Gasteiger partial charge is 0.142 e. The molecule has 2 aliphatic heterocycles. The second kappa shape index (κ2) is 5.99. The highest BCUT2D eigenvalue weighted by atomic mass is 16.5. The Labute approximate surface area is 120 Å². The van der Waals surface area contributed by atoms with E-state index in [1.165, 1.54) is 5.69 Å². The maximum absolute atomic E-state index is 9.97. The number of benzene rings is 1. The largest absolute Gasteiger partial charge is 0.495 e. The Morgan fingerprint density at radius 1 is 1.15 bits per heavy atom. The predicted molar refractivity (Wildman–Crippen MR) is 79.4 cm³/mol. The number of nitrogens with one attached hydrogen (secondary N) is 1. The Morgan fingerprint density at radius 2 is 1.90 bits per heavy atom. The van der Waals surface area contributed by atoms with Crippen molar-refractivity contribution in [3.05, 3.63) is 24.3 Å². The first-order valence-electron chi connectivity index (χ1n) is 7.30. The van der Waals surface area contributed by atoms with Crippen LogP contribution in [0.15, 0.2) is 24.3 Å². The molecule has 0 saturated carbocycles. The molecule has 2 saturated heterocycles. The summed E-state index contributed by atoms with van der Waals surface area (Å²) in [5.41, 5.74) is 1.17. The van der Waals surface area contributed by atoms with Crippen molar-refractivity contribution in [2.45, 2.75) is 12.1 Å². The van der Waals surface area contributed by atoms with Crippen LogP contribution in [0.2, 0.25) is 0 Å². The van der Waals surface area contributed by atoms with Crippen LogP contribution in [0.1, 0.15) is 0 Å². The first-order valence-corrected chi connectivity index (χ1v) is 7.30. The third-order valence-electron chi connectivity index (χ3n) is 4.36. The summed E-state index contributed by atoms with van der Waals surface area (Å²) in [4.78, 5) is 4.76. The molecule has 2 atom stereocenters. The fraction of sp³-hybridized carbons (Fsp3) is 0.600. The van der Waals surface area contributed by atoms with E-state index in [0.717, 1.165) is 45.0 Å². The Hall–Kier alpha value is -1.30. The first kappa shape index (κ1) is 13.7. The highest BCUT2D eigenvalue weighted by Gasteiger charge is 2.32. The van der Waals surface area contributed by atoms with E-state index in [4.69, 9.17) is 4.74 Å².